The lowest BCUT2D eigenvalue weighted by Gasteiger charge is -2.38. The largest absolute Gasteiger partial charge is 0.430 e. The number of alkyl halides is 12. The number of hydrogen-bond acceptors (Lipinski definition) is 2. The Balaban J connectivity index is 0. The Labute approximate surface area is 269 Å². The molecule has 0 aliphatic carbocycles. The van der Waals surface area contributed by atoms with E-state index in [-0.39, 0.29) is 12.8 Å². The van der Waals surface area contributed by atoms with Crippen LogP contribution >= 0.6 is 0 Å². The molecule has 0 saturated carbocycles. The van der Waals surface area contributed by atoms with Crippen LogP contribution in [0.25, 0.3) is 11.1 Å². The maximum absolute atomic E-state index is 13.7. The van der Waals surface area contributed by atoms with Crippen LogP contribution in [-0.4, -0.2) is 43.5 Å². The van der Waals surface area contributed by atoms with Gasteiger partial charge in [-0.3, -0.25) is 0 Å². The summed E-state index contributed by atoms with van der Waals surface area (Å²) in [7, 11) is 0. The lowest BCUT2D eigenvalue weighted by molar-refractivity contribution is -0.391. The number of halogens is 12. The highest BCUT2D eigenvalue weighted by Gasteiger charge is 2.73. The van der Waals surface area contributed by atoms with E-state index in [1.54, 1.807) is 44.2 Å². The molecule has 0 bridgehead atoms. The van der Waals surface area contributed by atoms with Crippen molar-refractivity contribution in [3.05, 3.63) is 60.2 Å². The van der Waals surface area contributed by atoms with Crippen molar-refractivity contribution in [2.75, 3.05) is 13.2 Å². The topological polar surface area (TPSA) is 18.5 Å². The molecule has 14 heteroatoms. The van der Waals surface area contributed by atoms with Gasteiger partial charge in [0.2, 0.25) is 0 Å². The first-order valence-electron chi connectivity index (χ1n) is 15.2. The monoisotopic (exact) mass is 702 g/mol. The SMILES string of the molecule is CC.CC.CCC(C)COC(C)(C(F)(F)F)C(F)(F)F.CCC(C)COC(c1ccc(-c2ccccc2)cc1)(C(F)(F)F)C(F)(F)F. The van der Waals surface area contributed by atoms with Gasteiger partial charge in [-0.05, 0) is 29.9 Å². The first kappa shape index (κ1) is 46.6. The van der Waals surface area contributed by atoms with Crippen LogP contribution in [0.15, 0.2) is 54.6 Å². The van der Waals surface area contributed by atoms with Gasteiger partial charge >= 0.3 is 24.7 Å². The van der Waals surface area contributed by atoms with Gasteiger partial charge in [-0.1, -0.05) is 123 Å². The minimum Gasteiger partial charge on any atom is -0.358 e. The molecule has 0 amide bonds. The molecule has 2 aromatic carbocycles. The molecular formula is C33H46F12O2. The Bertz CT molecular complexity index is 1060. The average Bonchev–Trinajstić information content (AvgIpc) is 3.00. The summed E-state index contributed by atoms with van der Waals surface area (Å²) < 4.78 is 165. The zero-order valence-electron chi connectivity index (χ0n) is 28.0. The molecule has 0 aliphatic rings. The fraction of sp³-hybridized carbons (Fsp3) is 0.636. The van der Waals surface area contributed by atoms with Crippen LogP contribution < -0.4 is 0 Å². The van der Waals surface area contributed by atoms with Gasteiger partial charge in [-0.25, -0.2) is 0 Å². The van der Waals surface area contributed by atoms with Crippen LogP contribution in [0, 0.1) is 11.8 Å². The molecule has 2 atom stereocenters. The smallest absolute Gasteiger partial charge is 0.358 e. The quantitative estimate of drug-likeness (QED) is 0.230. The van der Waals surface area contributed by atoms with Gasteiger partial charge in [0.05, 0.1) is 13.2 Å². The summed E-state index contributed by atoms with van der Waals surface area (Å²) in [5.74, 6) is -0.804. The molecule has 2 nitrogen and oxygen atoms in total. The van der Waals surface area contributed by atoms with Crippen molar-refractivity contribution in [2.45, 2.75) is 111 Å². The van der Waals surface area contributed by atoms with Crippen molar-refractivity contribution in [2.24, 2.45) is 11.8 Å². The van der Waals surface area contributed by atoms with E-state index in [2.05, 4.69) is 9.47 Å². The summed E-state index contributed by atoms with van der Waals surface area (Å²) in [6.07, 6.45) is -21.4. The van der Waals surface area contributed by atoms with Crippen LogP contribution in [0.2, 0.25) is 0 Å². The Morgan fingerprint density at radius 2 is 0.851 bits per heavy atom. The first-order chi connectivity index (χ1) is 21.5. The third-order valence-electron chi connectivity index (χ3n) is 6.91. The van der Waals surface area contributed by atoms with Crippen molar-refractivity contribution in [3.63, 3.8) is 0 Å². The predicted octanol–water partition coefficient (Wildman–Crippen LogP) is 12.7. The fourth-order valence-corrected chi connectivity index (χ4v) is 3.40. The van der Waals surface area contributed by atoms with Gasteiger partial charge in [0.25, 0.3) is 11.2 Å². The molecule has 2 unspecified atom stereocenters. The Morgan fingerprint density at radius 3 is 1.17 bits per heavy atom. The minimum atomic E-state index is -5.66. The van der Waals surface area contributed by atoms with E-state index in [4.69, 9.17) is 0 Å². The van der Waals surface area contributed by atoms with Crippen molar-refractivity contribution in [3.8, 4) is 11.1 Å². The molecule has 2 aromatic rings. The van der Waals surface area contributed by atoms with E-state index in [0.29, 0.717) is 24.0 Å². The first-order valence-corrected chi connectivity index (χ1v) is 15.2. The van der Waals surface area contributed by atoms with Crippen LogP contribution in [0.1, 0.15) is 80.7 Å². The summed E-state index contributed by atoms with van der Waals surface area (Å²) in [6.45, 7) is 13.2. The van der Waals surface area contributed by atoms with E-state index in [0.717, 1.165) is 12.1 Å². The standard InChI is InChI=1S/C20H20F6O.C9H14F6O.2C2H6/c1-3-14(2)13-27-18(19(21,22)23,20(24,25)26)17-11-9-16(10-12-17)15-7-5-4-6-8-15;1-4-6(2)5-16-7(3,8(10,11)12)9(13,14)15;2*1-2/h4-12,14H,3,13H2,1-2H3;6H,4-5H2,1-3H3;2*1-2H3. The molecule has 0 N–H and O–H groups in total. The highest BCUT2D eigenvalue weighted by Crippen LogP contribution is 2.53. The van der Waals surface area contributed by atoms with E-state index >= 15 is 0 Å². The van der Waals surface area contributed by atoms with E-state index in [9.17, 15) is 52.7 Å². The van der Waals surface area contributed by atoms with Gasteiger partial charge in [-0.15, -0.1) is 0 Å². The maximum atomic E-state index is 13.7. The van der Waals surface area contributed by atoms with E-state index in [1.807, 2.05) is 27.7 Å². The van der Waals surface area contributed by atoms with Crippen LogP contribution in [0.3, 0.4) is 0 Å². The van der Waals surface area contributed by atoms with Crippen molar-refractivity contribution < 1.29 is 62.2 Å². The summed E-state index contributed by atoms with van der Waals surface area (Å²) in [4.78, 5) is 0. The van der Waals surface area contributed by atoms with Gasteiger partial charge in [0.15, 0.2) is 0 Å². The lowest BCUT2D eigenvalue weighted by atomic mass is 9.90. The Hall–Kier alpha value is -2.48. The molecule has 0 aromatic heterocycles. The third-order valence-corrected chi connectivity index (χ3v) is 6.91. The third kappa shape index (κ3) is 12.5. The Kier molecular flexibility index (Phi) is 19.4. The highest BCUT2D eigenvalue weighted by atomic mass is 19.4. The summed E-state index contributed by atoms with van der Waals surface area (Å²) in [5, 5.41) is 0. The highest BCUT2D eigenvalue weighted by molar-refractivity contribution is 5.63. The Morgan fingerprint density at radius 1 is 0.511 bits per heavy atom. The van der Waals surface area contributed by atoms with Crippen molar-refractivity contribution in [1.82, 2.24) is 0 Å². The zero-order valence-corrected chi connectivity index (χ0v) is 28.0. The maximum Gasteiger partial charge on any atom is 0.430 e. The molecule has 274 valence electrons. The normalized spacial score (nSPS) is 14.0. The van der Waals surface area contributed by atoms with Gasteiger partial charge in [0.1, 0.15) is 0 Å². The zero-order chi connectivity index (χ0) is 37.5. The molecule has 0 saturated heterocycles. The molecule has 0 fully saturated rings. The second kappa shape index (κ2) is 19.5. The van der Waals surface area contributed by atoms with Crippen LogP contribution in [-0.2, 0) is 15.1 Å². The fourth-order valence-electron chi connectivity index (χ4n) is 3.40. The van der Waals surface area contributed by atoms with Crippen LogP contribution in [0.5, 0.6) is 0 Å². The molecular weight excluding hydrogens is 656 g/mol. The van der Waals surface area contributed by atoms with Crippen LogP contribution in [0.4, 0.5) is 52.7 Å². The van der Waals surface area contributed by atoms with Gasteiger partial charge in [0, 0.05) is 5.56 Å². The second-order valence-electron chi connectivity index (χ2n) is 10.3. The minimum absolute atomic E-state index is 0.00931. The molecule has 0 spiro atoms. The van der Waals surface area contributed by atoms with Crippen molar-refractivity contribution >= 4 is 0 Å². The van der Waals surface area contributed by atoms with Crippen molar-refractivity contribution in [1.29, 1.82) is 0 Å². The predicted molar refractivity (Wildman–Crippen MR) is 160 cm³/mol. The number of ether oxygens (including phenoxy) is 2. The number of hydrogen-bond donors (Lipinski definition) is 0. The molecule has 0 radical (unpaired) electrons. The van der Waals surface area contributed by atoms with Gasteiger partial charge in [-0.2, -0.15) is 52.7 Å². The molecule has 0 heterocycles. The molecule has 2 rings (SSSR count). The van der Waals surface area contributed by atoms with E-state index in [1.165, 1.54) is 26.0 Å². The lowest BCUT2D eigenvalue weighted by Crippen LogP contribution is -2.56. The number of rotatable bonds is 10. The number of benzene rings is 2. The summed E-state index contributed by atoms with van der Waals surface area (Å²) in [6, 6.07) is 12.8. The second-order valence-corrected chi connectivity index (χ2v) is 10.3. The molecule has 47 heavy (non-hydrogen) atoms. The average molecular weight is 703 g/mol. The summed E-state index contributed by atoms with van der Waals surface area (Å²) >= 11 is 0. The van der Waals surface area contributed by atoms with E-state index < -0.39 is 60.6 Å². The molecule has 0 aliphatic heterocycles. The summed E-state index contributed by atoms with van der Waals surface area (Å²) in [5.41, 5.74) is -8.23. The van der Waals surface area contributed by atoms with Gasteiger partial charge < -0.3 is 9.47 Å².